The lowest BCUT2D eigenvalue weighted by atomic mass is 10.1. The average Bonchev–Trinajstić information content (AvgIpc) is 2.45. The monoisotopic (exact) mass is 387 g/mol. The molecule has 1 N–H and O–H groups in total. The first kappa shape index (κ1) is 16.2. The molecule has 0 aliphatic carbocycles. The van der Waals surface area contributed by atoms with Crippen molar-refractivity contribution in [1.82, 2.24) is 4.72 Å². The van der Waals surface area contributed by atoms with Gasteiger partial charge in [-0.05, 0) is 18.2 Å². The molecule has 0 bridgehead atoms. The van der Waals surface area contributed by atoms with E-state index in [1.54, 1.807) is 36.4 Å². The molecule has 21 heavy (non-hydrogen) atoms. The van der Waals surface area contributed by atoms with Crippen LogP contribution in [0.1, 0.15) is 10.4 Å². The molecule has 7 heteroatoms. The van der Waals surface area contributed by atoms with Crippen LogP contribution in [0.25, 0.3) is 0 Å². The maximum Gasteiger partial charge on any atom is 0.242 e. The van der Waals surface area contributed by atoms with Crippen LogP contribution in [0.3, 0.4) is 0 Å². The molecule has 110 valence electrons. The number of carbonyl (C=O) groups is 1. The first-order chi connectivity index (χ1) is 9.90. The third-order valence-electron chi connectivity index (χ3n) is 2.70. The van der Waals surface area contributed by atoms with Crippen LogP contribution in [0, 0.1) is 0 Å². The van der Waals surface area contributed by atoms with E-state index in [0.717, 1.165) is 0 Å². The summed E-state index contributed by atoms with van der Waals surface area (Å²) in [5.41, 5.74) is 0.446. The molecule has 2 aromatic rings. The van der Waals surface area contributed by atoms with Crippen molar-refractivity contribution in [1.29, 1.82) is 0 Å². The Hall–Kier alpha value is -1.21. The van der Waals surface area contributed by atoms with E-state index in [-0.39, 0.29) is 22.2 Å². The van der Waals surface area contributed by atoms with Crippen LogP contribution >= 0.6 is 27.5 Å². The van der Waals surface area contributed by atoms with Gasteiger partial charge in [-0.2, -0.15) is 0 Å². The molecule has 0 fully saturated rings. The molecule has 0 aliphatic heterocycles. The van der Waals surface area contributed by atoms with Crippen molar-refractivity contribution in [3.8, 4) is 0 Å². The van der Waals surface area contributed by atoms with Gasteiger partial charge in [-0.15, -0.1) is 0 Å². The number of halogens is 2. The normalized spacial score (nSPS) is 11.3. The smallest absolute Gasteiger partial charge is 0.242 e. The molecular formula is C14H11BrClNO3S. The summed E-state index contributed by atoms with van der Waals surface area (Å²) in [4.78, 5) is 11.8. The highest BCUT2D eigenvalue weighted by molar-refractivity contribution is 9.10. The van der Waals surface area contributed by atoms with Gasteiger partial charge in [0.1, 0.15) is 4.90 Å². The number of rotatable bonds is 5. The lowest BCUT2D eigenvalue weighted by Gasteiger charge is -2.08. The Kier molecular flexibility index (Phi) is 5.16. The number of carbonyl (C=O) groups excluding carboxylic acids is 1. The van der Waals surface area contributed by atoms with Gasteiger partial charge in [0.15, 0.2) is 5.78 Å². The van der Waals surface area contributed by atoms with Gasteiger partial charge in [0.25, 0.3) is 0 Å². The second-order valence-corrected chi connectivity index (χ2v) is 7.25. The van der Waals surface area contributed by atoms with Crippen LogP contribution in [0.2, 0.25) is 5.02 Å². The minimum Gasteiger partial charge on any atom is -0.293 e. The summed E-state index contributed by atoms with van der Waals surface area (Å²) in [6.07, 6.45) is 0. The van der Waals surface area contributed by atoms with Crippen molar-refractivity contribution in [2.75, 3.05) is 6.54 Å². The summed E-state index contributed by atoms with van der Waals surface area (Å²) in [7, 11) is -3.83. The average molecular weight is 389 g/mol. The number of hydrogen-bond donors (Lipinski definition) is 1. The zero-order valence-electron chi connectivity index (χ0n) is 10.7. The van der Waals surface area contributed by atoms with Crippen molar-refractivity contribution < 1.29 is 13.2 Å². The van der Waals surface area contributed by atoms with Crippen LogP contribution in [-0.4, -0.2) is 20.7 Å². The second kappa shape index (κ2) is 6.70. The van der Waals surface area contributed by atoms with Crippen molar-refractivity contribution >= 4 is 43.3 Å². The van der Waals surface area contributed by atoms with Crippen molar-refractivity contribution in [2.45, 2.75) is 4.90 Å². The predicted molar refractivity (Wildman–Crippen MR) is 85.1 cm³/mol. The molecule has 2 aromatic carbocycles. The minimum absolute atomic E-state index is 0.0618. The molecule has 0 amide bonds. The molecule has 0 radical (unpaired) electrons. The molecule has 0 aromatic heterocycles. The number of Topliss-reactive ketones (excluding diaryl/α,β-unsaturated/α-hetero) is 1. The summed E-state index contributed by atoms with van der Waals surface area (Å²) < 4.78 is 27.2. The third-order valence-corrected chi connectivity index (χ3v) is 5.08. The van der Waals surface area contributed by atoms with Gasteiger partial charge in [-0.1, -0.05) is 57.9 Å². The molecular weight excluding hydrogens is 378 g/mol. The molecule has 0 spiro atoms. The minimum atomic E-state index is -3.83. The summed E-state index contributed by atoms with van der Waals surface area (Å²) in [5.74, 6) is -0.313. The molecule has 4 nitrogen and oxygen atoms in total. The van der Waals surface area contributed by atoms with Gasteiger partial charge < -0.3 is 0 Å². The molecule has 0 heterocycles. The lowest BCUT2D eigenvalue weighted by Crippen LogP contribution is -2.29. The predicted octanol–water partition coefficient (Wildman–Crippen LogP) is 3.26. The van der Waals surface area contributed by atoms with Gasteiger partial charge in [0.05, 0.1) is 11.6 Å². The lowest BCUT2D eigenvalue weighted by molar-refractivity contribution is 0.0997. The standard InChI is InChI=1S/C14H11BrClNO3S/c15-11-6-7-14(12(16)8-11)21(19,20)17-9-13(18)10-4-2-1-3-5-10/h1-8,17H,9H2. The van der Waals surface area contributed by atoms with Gasteiger partial charge >= 0.3 is 0 Å². The van der Waals surface area contributed by atoms with E-state index in [1.165, 1.54) is 12.1 Å². The fraction of sp³-hybridized carbons (Fsp3) is 0.0714. The fourth-order valence-electron chi connectivity index (χ4n) is 1.66. The number of ketones is 1. The molecule has 0 atom stereocenters. The number of sulfonamides is 1. The third kappa shape index (κ3) is 4.14. The zero-order chi connectivity index (χ0) is 15.5. The maximum absolute atomic E-state index is 12.1. The van der Waals surface area contributed by atoms with Crippen molar-refractivity contribution in [3.05, 3.63) is 63.6 Å². The topological polar surface area (TPSA) is 63.2 Å². The molecule has 0 saturated heterocycles. The van der Waals surface area contributed by atoms with Crippen LogP contribution in [0.5, 0.6) is 0 Å². The van der Waals surface area contributed by atoms with E-state index in [4.69, 9.17) is 11.6 Å². The fourth-order valence-corrected chi connectivity index (χ4v) is 3.68. The molecule has 0 unspecified atom stereocenters. The van der Waals surface area contributed by atoms with Gasteiger partial charge in [0, 0.05) is 10.0 Å². The Bertz CT molecular complexity index is 763. The first-order valence-electron chi connectivity index (χ1n) is 5.93. The van der Waals surface area contributed by atoms with Crippen LogP contribution < -0.4 is 4.72 Å². The number of nitrogens with one attached hydrogen (secondary N) is 1. The van der Waals surface area contributed by atoms with Gasteiger partial charge in [0.2, 0.25) is 10.0 Å². The van der Waals surface area contributed by atoms with Crippen LogP contribution in [0.15, 0.2) is 57.9 Å². The second-order valence-electron chi connectivity index (χ2n) is 4.19. The SMILES string of the molecule is O=C(CNS(=O)(=O)c1ccc(Br)cc1Cl)c1ccccc1. The Labute approximate surface area is 136 Å². The Balaban J connectivity index is 2.13. The summed E-state index contributed by atoms with van der Waals surface area (Å²) >= 11 is 9.11. The highest BCUT2D eigenvalue weighted by atomic mass is 79.9. The van der Waals surface area contributed by atoms with Crippen LogP contribution in [-0.2, 0) is 10.0 Å². The summed E-state index contributed by atoms with van der Waals surface area (Å²) in [5, 5.41) is 0.0871. The zero-order valence-corrected chi connectivity index (χ0v) is 13.9. The molecule has 0 aliphatic rings. The Morgan fingerprint density at radius 3 is 2.43 bits per heavy atom. The van der Waals surface area contributed by atoms with E-state index in [2.05, 4.69) is 20.7 Å². The first-order valence-corrected chi connectivity index (χ1v) is 8.58. The van der Waals surface area contributed by atoms with Gasteiger partial charge in [-0.3, -0.25) is 4.79 Å². The number of benzene rings is 2. The highest BCUT2D eigenvalue weighted by Crippen LogP contribution is 2.24. The Morgan fingerprint density at radius 2 is 1.81 bits per heavy atom. The largest absolute Gasteiger partial charge is 0.293 e. The van der Waals surface area contributed by atoms with Crippen molar-refractivity contribution in [2.24, 2.45) is 0 Å². The summed E-state index contributed by atoms with van der Waals surface area (Å²) in [6, 6.07) is 12.9. The van der Waals surface area contributed by atoms with Crippen LogP contribution in [0.4, 0.5) is 0 Å². The van der Waals surface area contributed by atoms with E-state index in [0.29, 0.717) is 10.0 Å². The maximum atomic E-state index is 12.1. The number of hydrogen-bond acceptors (Lipinski definition) is 3. The molecule has 0 saturated carbocycles. The van der Waals surface area contributed by atoms with Crippen molar-refractivity contribution in [3.63, 3.8) is 0 Å². The summed E-state index contributed by atoms with van der Waals surface area (Å²) in [6.45, 7) is -0.321. The highest BCUT2D eigenvalue weighted by Gasteiger charge is 2.19. The quantitative estimate of drug-likeness (QED) is 0.800. The van der Waals surface area contributed by atoms with E-state index < -0.39 is 10.0 Å². The Morgan fingerprint density at radius 1 is 1.14 bits per heavy atom. The van der Waals surface area contributed by atoms with E-state index >= 15 is 0 Å². The van der Waals surface area contributed by atoms with Gasteiger partial charge in [-0.25, -0.2) is 13.1 Å². The van der Waals surface area contributed by atoms with E-state index in [1.807, 2.05) is 0 Å². The van der Waals surface area contributed by atoms with E-state index in [9.17, 15) is 13.2 Å². The molecule has 2 rings (SSSR count).